The predicted molar refractivity (Wildman–Crippen MR) is 119 cm³/mol. The van der Waals surface area contributed by atoms with Gasteiger partial charge in [-0.05, 0) is 44.4 Å². The van der Waals surface area contributed by atoms with Gasteiger partial charge in [0.25, 0.3) is 5.91 Å². The van der Waals surface area contributed by atoms with Crippen LogP contribution < -0.4 is 10.2 Å². The lowest BCUT2D eigenvalue weighted by Gasteiger charge is -2.22. The van der Waals surface area contributed by atoms with Crippen molar-refractivity contribution in [1.82, 2.24) is 10.3 Å². The molecule has 2 amide bonds. The Bertz CT molecular complexity index is 955. The van der Waals surface area contributed by atoms with E-state index in [4.69, 9.17) is 4.74 Å². The van der Waals surface area contributed by atoms with Crippen LogP contribution in [-0.2, 0) is 14.3 Å². The van der Waals surface area contributed by atoms with Crippen molar-refractivity contribution >= 4 is 40.0 Å². The number of hydrogen-bond acceptors (Lipinski definition) is 6. The summed E-state index contributed by atoms with van der Waals surface area (Å²) in [5.74, 6) is -0.619. The number of para-hydroxylation sites is 1. The molecule has 30 heavy (non-hydrogen) atoms. The van der Waals surface area contributed by atoms with Crippen molar-refractivity contribution in [2.24, 2.45) is 0 Å². The van der Waals surface area contributed by atoms with Gasteiger partial charge in [0.1, 0.15) is 11.6 Å². The molecular formula is C22H26N4O3S. The van der Waals surface area contributed by atoms with Gasteiger partial charge >= 0.3 is 0 Å². The van der Waals surface area contributed by atoms with E-state index in [-0.39, 0.29) is 11.5 Å². The van der Waals surface area contributed by atoms with E-state index in [2.05, 4.69) is 10.3 Å². The quantitative estimate of drug-likeness (QED) is 0.373. The molecule has 1 heterocycles. The Morgan fingerprint density at radius 2 is 2.03 bits per heavy atom. The Balaban J connectivity index is 2.21. The number of nitrogens with one attached hydrogen (secondary N) is 1. The van der Waals surface area contributed by atoms with E-state index < -0.39 is 5.91 Å². The van der Waals surface area contributed by atoms with Crippen LogP contribution in [0.4, 0.5) is 10.8 Å². The van der Waals surface area contributed by atoms with Crippen molar-refractivity contribution < 1.29 is 14.3 Å². The highest BCUT2D eigenvalue weighted by Gasteiger charge is 2.21. The summed E-state index contributed by atoms with van der Waals surface area (Å²) in [5, 5.41) is 14.3. The van der Waals surface area contributed by atoms with Crippen LogP contribution in [0.25, 0.3) is 6.08 Å². The van der Waals surface area contributed by atoms with Crippen molar-refractivity contribution in [3.8, 4) is 6.07 Å². The lowest BCUT2D eigenvalue weighted by Crippen LogP contribution is -2.26. The normalized spacial score (nSPS) is 11.1. The largest absolute Gasteiger partial charge is 0.382 e. The minimum atomic E-state index is -0.457. The van der Waals surface area contributed by atoms with Crippen LogP contribution >= 0.6 is 11.3 Å². The highest BCUT2D eigenvalue weighted by Crippen LogP contribution is 2.34. The minimum Gasteiger partial charge on any atom is -0.382 e. The van der Waals surface area contributed by atoms with E-state index in [0.29, 0.717) is 37.0 Å². The molecule has 1 aromatic heterocycles. The van der Waals surface area contributed by atoms with Gasteiger partial charge in [0.05, 0.1) is 11.4 Å². The zero-order chi connectivity index (χ0) is 22.1. The van der Waals surface area contributed by atoms with Crippen LogP contribution in [-0.4, -0.2) is 36.6 Å². The second-order valence-corrected chi connectivity index (χ2v) is 7.46. The number of aryl methyl sites for hydroxylation is 2. The highest BCUT2D eigenvalue weighted by atomic mass is 32.1. The first kappa shape index (κ1) is 23.3. The molecule has 0 fully saturated rings. The monoisotopic (exact) mass is 426 g/mol. The number of nitrogens with zero attached hydrogens (tertiary/aromatic N) is 3. The molecule has 0 saturated carbocycles. The zero-order valence-corrected chi connectivity index (χ0v) is 18.5. The first-order chi connectivity index (χ1) is 14.4. The average molecular weight is 427 g/mol. The fourth-order valence-electron chi connectivity index (χ4n) is 2.90. The molecule has 158 valence electrons. The van der Waals surface area contributed by atoms with Crippen LogP contribution in [0.3, 0.4) is 0 Å². The SMILES string of the molecule is CCOCCCNC(=O)/C(C#N)=C/c1csc(N(C(C)=O)c2c(C)cccc2C)n1. The molecule has 0 aliphatic carbocycles. The Morgan fingerprint density at radius 3 is 2.63 bits per heavy atom. The van der Waals surface area contributed by atoms with Crippen LogP contribution in [0.1, 0.15) is 37.1 Å². The molecule has 0 bridgehead atoms. The molecule has 2 aromatic rings. The summed E-state index contributed by atoms with van der Waals surface area (Å²) in [6, 6.07) is 7.74. The number of benzene rings is 1. The van der Waals surface area contributed by atoms with Gasteiger partial charge in [0.15, 0.2) is 5.13 Å². The molecule has 0 unspecified atom stereocenters. The number of aromatic nitrogens is 1. The third-order valence-electron chi connectivity index (χ3n) is 4.29. The number of nitriles is 1. The summed E-state index contributed by atoms with van der Waals surface area (Å²) < 4.78 is 5.22. The van der Waals surface area contributed by atoms with Crippen LogP contribution in [0.15, 0.2) is 29.2 Å². The summed E-state index contributed by atoms with van der Waals surface area (Å²) >= 11 is 1.28. The fraction of sp³-hybridized carbons (Fsp3) is 0.364. The molecule has 0 saturated heterocycles. The lowest BCUT2D eigenvalue weighted by atomic mass is 10.1. The molecule has 8 heteroatoms. The molecule has 0 atom stereocenters. The van der Waals surface area contributed by atoms with E-state index in [1.54, 1.807) is 10.3 Å². The number of hydrogen-bond donors (Lipinski definition) is 1. The Morgan fingerprint density at radius 1 is 1.33 bits per heavy atom. The minimum absolute atomic E-state index is 0.0373. The third-order valence-corrected chi connectivity index (χ3v) is 5.14. The molecule has 0 aliphatic rings. The molecule has 1 N–H and O–H groups in total. The van der Waals surface area contributed by atoms with E-state index in [0.717, 1.165) is 16.8 Å². The van der Waals surface area contributed by atoms with Crippen molar-refractivity contribution in [3.63, 3.8) is 0 Å². The first-order valence-electron chi connectivity index (χ1n) is 9.69. The lowest BCUT2D eigenvalue weighted by molar-refractivity contribution is -0.117. The van der Waals surface area contributed by atoms with Crippen molar-refractivity contribution in [3.05, 3.63) is 46.0 Å². The molecule has 7 nitrogen and oxygen atoms in total. The number of rotatable bonds is 9. The summed E-state index contributed by atoms with van der Waals surface area (Å²) in [4.78, 5) is 30.7. The standard InChI is InChI=1S/C22H26N4O3S/c1-5-29-11-7-10-24-21(28)18(13-23)12-19-14-30-22(25-19)26(17(4)27)20-15(2)8-6-9-16(20)3/h6,8-9,12,14H,5,7,10-11H2,1-4H3,(H,24,28)/b18-12+. The van der Waals surface area contributed by atoms with Crippen LogP contribution in [0.5, 0.6) is 0 Å². The number of carbonyl (C=O) groups excluding carboxylic acids is 2. The van der Waals surface area contributed by atoms with Gasteiger partial charge in [-0.1, -0.05) is 18.2 Å². The molecular weight excluding hydrogens is 400 g/mol. The van der Waals surface area contributed by atoms with E-state index in [9.17, 15) is 14.9 Å². The predicted octanol–water partition coefficient (Wildman–Crippen LogP) is 3.89. The maximum absolute atomic E-state index is 12.4. The summed E-state index contributed by atoms with van der Waals surface area (Å²) in [6.45, 7) is 8.88. The maximum Gasteiger partial charge on any atom is 0.262 e. The first-order valence-corrected chi connectivity index (χ1v) is 10.6. The Hall–Kier alpha value is -3.02. The number of anilines is 2. The van der Waals surface area contributed by atoms with E-state index in [1.807, 2.05) is 45.0 Å². The van der Waals surface area contributed by atoms with Gasteiger partial charge in [-0.2, -0.15) is 5.26 Å². The van der Waals surface area contributed by atoms with Crippen molar-refractivity contribution in [2.45, 2.75) is 34.1 Å². The number of ether oxygens (including phenoxy) is 1. The van der Waals surface area contributed by atoms with Gasteiger partial charge in [-0.3, -0.25) is 14.5 Å². The summed E-state index contributed by atoms with van der Waals surface area (Å²) in [7, 11) is 0. The van der Waals surface area contributed by atoms with Crippen molar-refractivity contribution in [1.29, 1.82) is 5.26 Å². The zero-order valence-electron chi connectivity index (χ0n) is 17.7. The van der Waals surface area contributed by atoms with Crippen LogP contribution in [0, 0.1) is 25.2 Å². The molecule has 0 aliphatic heterocycles. The fourth-order valence-corrected chi connectivity index (χ4v) is 3.73. The van der Waals surface area contributed by atoms with E-state index in [1.165, 1.54) is 24.3 Å². The topological polar surface area (TPSA) is 95.3 Å². The second-order valence-electron chi connectivity index (χ2n) is 6.63. The van der Waals surface area contributed by atoms with Gasteiger partial charge in [0.2, 0.25) is 5.91 Å². The Kier molecular flexibility index (Phi) is 8.71. The number of thiazole rings is 1. The highest BCUT2D eigenvalue weighted by molar-refractivity contribution is 7.14. The smallest absolute Gasteiger partial charge is 0.262 e. The second kappa shape index (κ2) is 11.2. The number of carbonyl (C=O) groups is 2. The molecule has 2 rings (SSSR count). The van der Waals surface area contributed by atoms with Crippen LogP contribution in [0.2, 0.25) is 0 Å². The molecule has 0 radical (unpaired) electrons. The van der Waals surface area contributed by atoms with Gasteiger partial charge < -0.3 is 10.1 Å². The summed E-state index contributed by atoms with van der Waals surface area (Å²) in [6.07, 6.45) is 2.10. The van der Waals surface area contributed by atoms with Gasteiger partial charge in [0, 0.05) is 32.1 Å². The van der Waals surface area contributed by atoms with Gasteiger partial charge in [-0.15, -0.1) is 11.3 Å². The average Bonchev–Trinajstić information content (AvgIpc) is 3.16. The third kappa shape index (κ3) is 5.99. The van der Waals surface area contributed by atoms with E-state index >= 15 is 0 Å². The maximum atomic E-state index is 12.4. The number of amides is 2. The van der Waals surface area contributed by atoms with Gasteiger partial charge in [-0.25, -0.2) is 4.98 Å². The Labute approximate surface area is 181 Å². The summed E-state index contributed by atoms with van der Waals surface area (Å²) in [5.41, 5.74) is 3.13. The van der Waals surface area contributed by atoms with Crippen molar-refractivity contribution in [2.75, 3.05) is 24.7 Å². The molecule has 1 aromatic carbocycles. The molecule has 0 spiro atoms.